The maximum absolute atomic E-state index is 10.9. The van der Waals surface area contributed by atoms with Crippen LogP contribution in [-0.4, -0.2) is 15.0 Å². The number of benzene rings is 1. The van der Waals surface area contributed by atoms with Crippen LogP contribution in [0.25, 0.3) is 5.69 Å². The maximum Gasteiger partial charge on any atom is 0.272 e. The summed E-state index contributed by atoms with van der Waals surface area (Å²) >= 11 is 5.36. The molecular formula is C11H9ClN2O. The lowest BCUT2D eigenvalue weighted by Gasteiger charge is -2.02. The minimum absolute atomic E-state index is 0.276. The van der Waals surface area contributed by atoms with Crippen LogP contribution in [-0.2, 0) is 0 Å². The predicted molar refractivity (Wildman–Crippen MR) is 58.5 cm³/mol. The summed E-state index contributed by atoms with van der Waals surface area (Å²) in [6.45, 7) is 1.88. The number of carbonyl (C=O) groups excluding carboxylic acids is 1. The Bertz CT molecular complexity index is 491. The molecule has 0 N–H and O–H groups in total. The van der Waals surface area contributed by atoms with Crippen molar-refractivity contribution in [3.63, 3.8) is 0 Å². The zero-order valence-electron chi connectivity index (χ0n) is 8.14. The number of nitrogens with zero attached hydrogens (tertiary/aromatic N) is 2. The summed E-state index contributed by atoms with van der Waals surface area (Å²) in [5.74, 6) is 0. The first-order valence-electron chi connectivity index (χ1n) is 4.50. The van der Waals surface area contributed by atoms with E-state index in [0.29, 0.717) is 0 Å². The predicted octanol–water partition coefficient (Wildman–Crippen LogP) is 2.56. The topological polar surface area (TPSA) is 34.9 Å². The van der Waals surface area contributed by atoms with Gasteiger partial charge in [-0.3, -0.25) is 4.79 Å². The largest absolute Gasteiger partial charge is 0.274 e. The van der Waals surface area contributed by atoms with Crippen LogP contribution in [0.3, 0.4) is 0 Å². The molecule has 0 radical (unpaired) electrons. The average molecular weight is 221 g/mol. The fourth-order valence-electron chi connectivity index (χ4n) is 1.40. The van der Waals surface area contributed by atoms with Crippen LogP contribution in [0.15, 0.2) is 36.4 Å². The van der Waals surface area contributed by atoms with Gasteiger partial charge in [0.25, 0.3) is 5.24 Å². The van der Waals surface area contributed by atoms with Crippen molar-refractivity contribution in [3.8, 4) is 5.69 Å². The number of para-hydroxylation sites is 1. The summed E-state index contributed by atoms with van der Waals surface area (Å²) in [5.41, 5.74) is 2.07. The molecule has 0 saturated heterocycles. The standard InChI is InChI=1S/C11H9ClN2O/c1-8-7-10(11(12)15)13-14(8)9-5-3-2-4-6-9/h2-7H,1H3. The molecule has 0 spiro atoms. The first-order valence-corrected chi connectivity index (χ1v) is 4.88. The van der Waals surface area contributed by atoms with Crippen LogP contribution in [0.4, 0.5) is 0 Å². The summed E-state index contributed by atoms with van der Waals surface area (Å²) in [6, 6.07) is 11.3. The van der Waals surface area contributed by atoms with Gasteiger partial charge >= 0.3 is 0 Å². The van der Waals surface area contributed by atoms with Gasteiger partial charge in [-0.15, -0.1) is 0 Å². The molecule has 0 saturated carbocycles. The van der Waals surface area contributed by atoms with Gasteiger partial charge in [0.15, 0.2) is 0 Å². The minimum Gasteiger partial charge on any atom is -0.274 e. The summed E-state index contributed by atoms with van der Waals surface area (Å²) in [7, 11) is 0. The van der Waals surface area contributed by atoms with E-state index in [1.807, 2.05) is 37.3 Å². The Balaban J connectivity index is 2.50. The summed E-state index contributed by atoms with van der Waals surface area (Å²) in [6.07, 6.45) is 0. The Morgan fingerprint density at radius 2 is 2.00 bits per heavy atom. The number of hydrogen-bond donors (Lipinski definition) is 0. The molecule has 0 fully saturated rings. The molecule has 3 nitrogen and oxygen atoms in total. The van der Waals surface area contributed by atoms with Gasteiger partial charge in [-0.2, -0.15) is 5.10 Å². The van der Waals surface area contributed by atoms with E-state index in [-0.39, 0.29) is 5.69 Å². The fourth-order valence-corrected chi connectivity index (χ4v) is 1.49. The van der Waals surface area contributed by atoms with Gasteiger partial charge in [-0.25, -0.2) is 4.68 Å². The number of aromatic nitrogens is 2. The van der Waals surface area contributed by atoms with Crippen LogP contribution >= 0.6 is 11.6 Å². The maximum atomic E-state index is 10.9. The highest BCUT2D eigenvalue weighted by atomic mass is 35.5. The molecule has 0 aliphatic heterocycles. The SMILES string of the molecule is Cc1cc(C(=O)Cl)nn1-c1ccccc1. The van der Waals surface area contributed by atoms with Gasteiger partial charge in [-0.05, 0) is 36.7 Å². The van der Waals surface area contributed by atoms with Crippen LogP contribution in [0.1, 0.15) is 16.2 Å². The van der Waals surface area contributed by atoms with Crippen LogP contribution in [0, 0.1) is 6.92 Å². The molecule has 2 rings (SSSR count). The minimum atomic E-state index is -0.534. The lowest BCUT2D eigenvalue weighted by molar-refractivity contribution is 0.107. The molecule has 1 aromatic carbocycles. The first kappa shape index (κ1) is 9.93. The molecule has 76 valence electrons. The van der Waals surface area contributed by atoms with Gasteiger partial charge in [0.2, 0.25) is 0 Å². The molecule has 1 heterocycles. The number of halogens is 1. The third kappa shape index (κ3) is 1.92. The molecule has 0 aliphatic carbocycles. The second-order valence-electron chi connectivity index (χ2n) is 3.19. The van der Waals surface area contributed by atoms with E-state index in [1.165, 1.54) is 0 Å². The van der Waals surface area contributed by atoms with E-state index in [1.54, 1.807) is 10.7 Å². The molecule has 2 aromatic rings. The Labute approximate surface area is 92.3 Å². The highest BCUT2D eigenvalue weighted by molar-refractivity contribution is 6.67. The van der Waals surface area contributed by atoms with E-state index in [9.17, 15) is 4.79 Å². The third-order valence-corrected chi connectivity index (χ3v) is 2.28. The van der Waals surface area contributed by atoms with Crippen molar-refractivity contribution in [2.75, 3.05) is 0 Å². The van der Waals surface area contributed by atoms with E-state index >= 15 is 0 Å². The Morgan fingerprint density at radius 1 is 1.33 bits per heavy atom. The van der Waals surface area contributed by atoms with Gasteiger partial charge < -0.3 is 0 Å². The Hall–Kier alpha value is -1.61. The van der Waals surface area contributed by atoms with Crippen LogP contribution in [0.5, 0.6) is 0 Å². The first-order chi connectivity index (χ1) is 7.18. The third-order valence-electron chi connectivity index (χ3n) is 2.09. The zero-order valence-corrected chi connectivity index (χ0v) is 8.90. The lowest BCUT2D eigenvalue weighted by Crippen LogP contribution is -1.99. The summed E-state index contributed by atoms with van der Waals surface area (Å²) in [4.78, 5) is 10.9. The van der Waals surface area contributed by atoms with Gasteiger partial charge in [-0.1, -0.05) is 18.2 Å². The number of carbonyl (C=O) groups is 1. The Morgan fingerprint density at radius 3 is 2.53 bits per heavy atom. The fraction of sp³-hybridized carbons (Fsp3) is 0.0909. The number of aryl methyl sites for hydroxylation is 1. The van der Waals surface area contributed by atoms with E-state index in [2.05, 4.69) is 5.10 Å². The molecule has 0 amide bonds. The average Bonchev–Trinajstić information content (AvgIpc) is 2.62. The van der Waals surface area contributed by atoms with Crippen molar-refractivity contribution < 1.29 is 4.79 Å². The van der Waals surface area contributed by atoms with Crippen LogP contribution in [0.2, 0.25) is 0 Å². The lowest BCUT2D eigenvalue weighted by atomic mass is 10.3. The smallest absolute Gasteiger partial charge is 0.272 e. The van der Waals surface area contributed by atoms with Crippen molar-refractivity contribution in [2.45, 2.75) is 6.92 Å². The van der Waals surface area contributed by atoms with Crippen molar-refractivity contribution in [2.24, 2.45) is 0 Å². The molecule has 4 heteroatoms. The van der Waals surface area contributed by atoms with E-state index in [4.69, 9.17) is 11.6 Å². The second kappa shape index (κ2) is 3.87. The molecule has 0 unspecified atom stereocenters. The van der Waals surface area contributed by atoms with E-state index < -0.39 is 5.24 Å². The monoisotopic (exact) mass is 220 g/mol. The highest BCUT2D eigenvalue weighted by Crippen LogP contribution is 2.12. The van der Waals surface area contributed by atoms with Gasteiger partial charge in [0, 0.05) is 5.69 Å². The highest BCUT2D eigenvalue weighted by Gasteiger charge is 2.10. The summed E-state index contributed by atoms with van der Waals surface area (Å²) in [5, 5.41) is 3.58. The molecule has 15 heavy (non-hydrogen) atoms. The van der Waals surface area contributed by atoms with E-state index in [0.717, 1.165) is 11.4 Å². The summed E-state index contributed by atoms with van der Waals surface area (Å²) < 4.78 is 1.69. The number of hydrogen-bond acceptors (Lipinski definition) is 2. The number of rotatable bonds is 2. The zero-order chi connectivity index (χ0) is 10.8. The molecular weight excluding hydrogens is 212 g/mol. The normalized spacial score (nSPS) is 10.3. The molecule has 0 bridgehead atoms. The van der Waals surface area contributed by atoms with Crippen LogP contribution < -0.4 is 0 Å². The molecule has 0 atom stereocenters. The molecule has 0 aliphatic rings. The molecule has 1 aromatic heterocycles. The quantitative estimate of drug-likeness (QED) is 0.729. The van der Waals surface area contributed by atoms with Crippen molar-refractivity contribution in [3.05, 3.63) is 47.8 Å². The Kier molecular flexibility index (Phi) is 2.56. The van der Waals surface area contributed by atoms with Gasteiger partial charge in [0.1, 0.15) is 5.69 Å². The van der Waals surface area contributed by atoms with Crippen molar-refractivity contribution in [1.82, 2.24) is 9.78 Å². The van der Waals surface area contributed by atoms with Crippen molar-refractivity contribution in [1.29, 1.82) is 0 Å². The van der Waals surface area contributed by atoms with Gasteiger partial charge in [0.05, 0.1) is 5.69 Å². The van der Waals surface area contributed by atoms with Crippen molar-refractivity contribution >= 4 is 16.8 Å². The second-order valence-corrected chi connectivity index (χ2v) is 3.54.